The molecule has 1 aromatic carbocycles. The standard InChI is InChI=1S/C13H14FNO/c14-10-3-4-11-12(8-16-13(11)6-10)9-2-1-5-15-7-9/h2-4,6,12,15H,1,5,7-8H2/t12-/m0/s1. The van der Waals surface area contributed by atoms with E-state index in [9.17, 15) is 4.39 Å². The van der Waals surface area contributed by atoms with Gasteiger partial charge >= 0.3 is 0 Å². The second-order valence-electron chi connectivity index (χ2n) is 4.29. The van der Waals surface area contributed by atoms with Crippen molar-refractivity contribution in [3.8, 4) is 5.75 Å². The van der Waals surface area contributed by atoms with E-state index in [2.05, 4.69) is 11.4 Å². The fraction of sp³-hybridized carbons (Fsp3) is 0.385. The molecule has 0 aliphatic carbocycles. The van der Waals surface area contributed by atoms with E-state index in [1.54, 1.807) is 0 Å². The van der Waals surface area contributed by atoms with Crippen LogP contribution in [-0.4, -0.2) is 19.7 Å². The van der Waals surface area contributed by atoms with Crippen LogP contribution in [0.15, 0.2) is 29.8 Å². The van der Waals surface area contributed by atoms with Crippen LogP contribution in [0.5, 0.6) is 5.75 Å². The van der Waals surface area contributed by atoms with Gasteiger partial charge in [-0.05, 0) is 24.6 Å². The lowest BCUT2D eigenvalue weighted by Crippen LogP contribution is -2.25. The fourth-order valence-electron chi connectivity index (χ4n) is 2.42. The maximum Gasteiger partial charge on any atom is 0.126 e. The van der Waals surface area contributed by atoms with Gasteiger partial charge in [-0.25, -0.2) is 4.39 Å². The Balaban J connectivity index is 1.93. The summed E-state index contributed by atoms with van der Waals surface area (Å²) >= 11 is 0. The van der Waals surface area contributed by atoms with Crippen molar-refractivity contribution in [1.29, 1.82) is 0 Å². The topological polar surface area (TPSA) is 21.3 Å². The first-order chi connectivity index (χ1) is 7.84. The van der Waals surface area contributed by atoms with Crippen molar-refractivity contribution in [2.45, 2.75) is 12.3 Å². The van der Waals surface area contributed by atoms with Crippen LogP contribution in [0.4, 0.5) is 4.39 Å². The van der Waals surface area contributed by atoms with Crippen molar-refractivity contribution in [2.75, 3.05) is 19.7 Å². The van der Waals surface area contributed by atoms with Crippen LogP contribution in [0.25, 0.3) is 0 Å². The van der Waals surface area contributed by atoms with E-state index < -0.39 is 0 Å². The molecule has 0 saturated carbocycles. The minimum atomic E-state index is -0.227. The highest BCUT2D eigenvalue weighted by Gasteiger charge is 2.27. The summed E-state index contributed by atoms with van der Waals surface area (Å²) in [6.45, 7) is 2.62. The van der Waals surface area contributed by atoms with Gasteiger partial charge in [0.1, 0.15) is 11.6 Å². The van der Waals surface area contributed by atoms with Crippen molar-refractivity contribution in [2.24, 2.45) is 0 Å². The highest BCUT2D eigenvalue weighted by molar-refractivity contribution is 5.45. The summed E-state index contributed by atoms with van der Waals surface area (Å²) in [6, 6.07) is 4.83. The summed E-state index contributed by atoms with van der Waals surface area (Å²) in [6.07, 6.45) is 3.35. The van der Waals surface area contributed by atoms with Crippen LogP contribution >= 0.6 is 0 Å². The normalized spacial score (nSPS) is 23.6. The van der Waals surface area contributed by atoms with Crippen LogP contribution in [0.1, 0.15) is 17.9 Å². The molecule has 0 saturated heterocycles. The summed E-state index contributed by atoms with van der Waals surface area (Å²) in [5.74, 6) is 0.787. The first-order valence-corrected chi connectivity index (χ1v) is 5.66. The van der Waals surface area contributed by atoms with Crippen LogP contribution in [0.3, 0.4) is 0 Å². The van der Waals surface area contributed by atoms with Gasteiger partial charge in [0.05, 0.1) is 6.61 Å². The Morgan fingerprint density at radius 2 is 2.31 bits per heavy atom. The molecule has 0 unspecified atom stereocenters. The van der Waals surface area contributed by atoms with Gasteiger partial charge in [-0.3, -0.25) is 0 Å². The minimum absolute atomic E-state index is 0.227. The fourth-order valence-corrected chi connectivity index (χ4v) is 2.42. The first kappa shape index (κ1) is 9.85. The van der Waals surface area contributed by atoms with E-state index in [4.69, 9.17) is 4.74 Å². The molecule has 16 heavy (non-hydrogen) atoms. The van der Waals surface area contributed by atoms with Crippen LogP contribution in [-0.2, 0) is 0 Å². The minimum Gasteiger partial charge on any atom is -0.492 e. The Labute approximate surface area is 94.1 Å². The van der Waals surface area contributed by atoms with Gasteiger partial charge in [-0.1, -0.05) is 12.1 Å². The molecule has 2 nitrogen and oxygen atoms in total. The van der Waals surface area contributed by atoms with E-state index in [-0.39, 0.29) is 5.82 Å². The lowest BCUT2D eigenvalue weighted by molar-refractivity contribution is 0.338. The summed E-state index contributed by atoms with van der Waals surface area (Å²) < 4.78 is 18.6. The van der Waals surface area contributed by atoms with Gasteiger partial charge in [-0.15, -0.1) is 0 Å². The van der Waals surface area contributed by atoms with Crippen LogP contribution in [0, 0.1) is 5.82 Å². The molecule has 1 atom stereocenters. The molecule has 0 amide bonds. The molecule has 0 fully saturated rings. The molecular weight excluding hydrogens is 205 g/mol. The molecule has 2 aliphatic rings. The van der Waals surface area contributed by atoms with Gasteiger partial charge in [0.15, 0.2) is 0 Å². The van der Waals surface area contributed by atoms with Crippen molar-refractivity contribution in [1.82, 2.24) is 5.32 Å². The molecule has 0 radical (unpaired) electrons. The van der Waals surface area contributed by atoms with Gasteiger partial charge in [0.25, 0.3) is 0 Å². The third-order valence-corrected chi connectivity index (χ3v) is 3.26. The zero-order chi connectivity index (χ0) is 11.0. The second-order valence-corrected chi connectivity index (χ2v) is 4.29. The highest BCUT2D eigenvalue weighted by Crippen LogP contribution is 2.38. The third-order valence-electron chi connectivity index (χ3n) is 3.26. The quantitative estimate of drug-likeness (QED) is 0.731. The number of nitrogens with one attached hydrogen (secondary N) is 1. The SMILES string of the molecule is Fc1ccc2c(c1)OC[C@H]2C1=CCCNC1. The van der Waals surface area contributed by atoms with Crippen molar-refractivity contribution in [3.63, 3.8) is 0 Å². The number of halogens is 1. The van der Waals surface area contributed by atoms with Gasteiger partial charge in [0, 0.05) is 24.1 Å². The second kappa shape index (κ2) is 3.91. The van der Waals surface area contributed by atoms with E-state index in [0.717, 1.165) is 25.1 Å². The Hall–Kier alpha value is -1.35. The molecule has 84 valence electrons. The molecule has 0 spiro atoms. The molecule has 0 aromatic heterocycles. The molecule has 2 heterocycles. The summed E-state index contributed by atoms with van der Waals surface area (Å²) in [5, 5.41) is 3.36. The number of ether oxygens (including phenoxy) is 1. The maximum absolute atomic E-state index is 13.0. The van der Waals surface area contributed by atoms with Gasteiger partial charge in [-0.2, -0.15) is 0 Å². The smallest absolute Gasteiger partial charge is 0.126 e. The lowest BCUT2D eigenvalue weighted by Gasteiger charge is -2.19. The molecule has 3 heteroatoms. The number of hydrogen-bond donors (Lipinski definition) is 1. The van der Waals surface area contributed by atoms with Gasteiger partial charge < -0.3 is 10.1 Å². The summed E-state index contributed by atoms with van der Waals surface area (Å²) in [4.78, 5) is 0. The average molecular weight is 219 g/mol. The van der Waals surface area contributed by atoms with E-state index in [0.29, 0.717) is 18.3 Å². The number of rotatable bonds is 1. The Morgan fingerprint density at radius 1 is 1.38 bits per heavy atom. The number of benzene rings is 1. The molecule has 1 N–H and O–H groups in total. The maximum atomic E-state index is 13.0. The van der Waals surface area contributed by atoms with E-state index in [1.165, 1.54) is 17.7 Å². The van der Waals surface area contributed by atoms with Crippen molar-refractivity contribution in [3.05, 3.63) is 41.2 Å². The molecule has 2 aliphatic heterocycles. The third kappa shape index (κ3) is 1.61. The van der Waals surface area contributed by atoms with Crippen LogP contribution in [0.2, 0.25) is 0 Å². The predicted octanol–water partition coefficient (Wildman–Crippen LogP) is 2.22. The van der Waals surface area contributed by atoms with Gasteiger partial charge in [0.2, 0.25) is 0 Å². The Morgan fingerprint density at radius 3 is 3.12 bits per heavy atom. The molecule has 3 rings (SSSR count). The van der Waals surface area contributed by atoms with E-state index in [1.807, 2.05) is 6.07 Å². The van der Waals surface area contributed by atoms with Crippen molar-refractivity contribution < 1.29 is 9.13 Å². The zero-order valence-corrected chi connectivity index (χ0v) is 9.00. The van der Waals surface area contributed by atoms with E-state index >= 15 is 0 Å². The Bertz CT molecular complexity index is 442. The summed E-state index contributed by atoms with van der Waals surface area (Å²) in [5.41, 5.74) is 2.49. The largest absolute Gasteiger partial charge is 0.492 e. The van der Waals surface area contributed by atoms with Crippen LogP contribution < -0.4 is 10.1 Å². The number of hydrogen-bond acceptors (Lipinski definition) is 2. The average Bonchev–Trinajstić information content (AvgIpc) is 2.73. The summed E-state index contributed by atoms with van der Waals surface area (Å²) in [7, 11) is 0. The van der Waals surface area contributed by atoms with Crippen molar-refractivity contribution >= 4 is 0 Å². The lowest BCUT2D eigenvalue weighted by atomic mass is 9.91. The molecule has 0 bridgehead atoms. The Kier molecular flexibility index (Phi) is 2.40. The molecular formula is C13H14FNO. The monoisotopic (exact) mass is 219 g/mol. The zero-order valence-electron chi connectivity index (χ0n) is 9.00. The first-order valence-electron chi connectivity index (χ1n) is 5.66. The highest BCUT2D eigenvalue weighted by atomic mass is 19.1. The predicted molar refractivity (Wildman–Crippen MR) is 60.2 cm³/mol. The molecule has 1 aromatic rings. The number of fused-ring (bicyclic) bond motifs is 1.